The van der Waals surface area contributed by atoms with Crippen LogP contribution in [0.1, 0.15) is 18.9 Å². The highest BCUT2D eigenvalue weighted by atomic mass is 16.5. The molecule has 1 atom stereocenters. The van der Waals surface area contributed by atoms with Crippen LogP contribution in [0.2, 0.25) is 0 Å². The molecule has 1 saturated heterocycles. The van der Waals surface area contributed by atoms with Crippen LogP contribution in [-0.4, -0.2) is 49.8 Å². The van der Waals surface area contributed by atoms with Gasteiger partial charge < -0.3 is 9.64 Å². The maximum atomic E-state index is 5.89. The Morgan fingerprint density at radius 2 is 2.04 bits per heavy atom. The molecule has 0 saturated carbocycles. The van der Waals surface area contributed by atoms with Crippen LogP contribution < -0.4 is 4.90 Å². The van der Waals surface area contributed by atoms with E-state index in [4.69, 9.17) is 4.74 Å². The second-order valence-electron chi connectivity index (χ2n) is 7.15. The largest absolute Gasteiger partial charge is 0.381 e. The molecule has 1 aromatic heterocycles. The van der Waals surface area contributed by atoms with E-state index in [0.29, 0.717) is 0 Å². The number of rotatable bonds is 8. The minimum atomic E-state index is 0.183. The maximum Gasteiger partial charge on any atom is 0.0552 e. The molecule has 0 radical (unpaired) electrons. The summed E-state index contributed by atoms with van der Waals surface area (Å²) in [5.74, 6) is 0. The number of pyridine rings is 1. The van der Waals surface area contributed by atoms with Gasteiger partial charge in [0.15, 0.2) is 0 Å². The van der Waals surface area contributed by atoms with Crippen LogP contribution in [0.4, 0.5) is 5.69 Å². The van der Waals surface area contributed by atoms with Gasteiger partial charge in [0.2, 0.25) is 0 Å². The summed E-state index contributed by atoms with van der Waals surface area (Å²) in [6.07, 6.45) is 4.98. The fraction of sp³-hybridized carbons (Fsp3) is 0.476. The lowest BCUT2D eigenvalue weighted by Gasteiger charge is -2.34. The molecule has 0 amide bonds. The monoisotopic (exact) mass is 339 g/mol. The Morgan fingerprint density at radius 3 is 2.76 bits per heavy atom. The van der Waals surface area contributed by atoms with Gasteiger partial charge in [0.25, 0.3) is 0 Å². The number of benzene rings is 1. The van der Waals surface area contributed by atoms with E-state index >= 15 is 0 Å². The first-order valence-corrected chi connectivity index (χ1v) is 9.16. The minimum absolute atomic E-state index is 0.183. The summed E-state index contributed by atoms with van der Waals surface area (Å²) in [7, 11) is 2.19. The molecule has 1 aliphatic heterocycles. The van der Waals surface area contributed by atoms with E-state index in [2.05, 4.69) is 65.2 Å². The van der Waals surface area contributed by atoms with Gasteiger partial charge >= 0.3 is 0 Å². The van der Waals surface area contributed by atoms with Crippen LogP contribution in [0, 0.1) is 5.41 Å². The van der Waals surface area contributed by atoms with Gasteiger partial charge in [-0.3, -0.25) is 9.88 Å². The Balaban J connectivity index is 1.67. The smallest absolute Gasteiger partial charge is 0.0552 e. The third-order valence-electron chi connectivity index (χ3n) is 5.03. The third kappa shape index (κ3) is 4.80. The second kappa shape index (κ2) is 8.45. The molecule has 4 heteroatoms. The number of anilines is 1. The third-order valence-corrected chi connectivity index (χ3v) is 5.03. The first-order valence-electron chi connectivity index (χ1n) is 9.16. The SMILES string of the molecule is CCOC[C@@]1(CN(C)c2ccccc2)CCN(Cc2cccnc2)C1. The summed E-state index contributed by atoms with van der Waals surface area (Å²) in [4.78, 5) is 9.15. The van der Waals surface area contributed by atoms with E-state index in [1.165, 1.54) is 17.7 Å². The van der Waals surface area contributed by atoms with Gasteiger partial charge in [-0.25, -0.2) is 0 Å². The fourth-order valence-electron chi connectivity index (χ4n) is 3.80. The Hall–Kier alpha value is -1.91. The van der Waals surface area contributed by atoms with Gasteiger partial charge in [-0.1, -0.05) is 24.3 Å². The van der Waals surface area contributed by atoms with Gasteiger partial charge in [-0.15, -0.1) is 0 Å². The lowest BCUT2D eigenvalue weighted by atomic mass is 9.87. The van der Waals surface area contributed by atoms with Crippen molar-refractivity contribution in [3.8, 4) is 0 Å². The van der Waals surface area contributed by atoms with Crippen molar-refractivity contribution in [3.63, 3.8) is 0 Å². The summed E-state index contributed by atoms with van der Waals surface area (Å²) in [6.45, 7) is 7.85. The topological polar surface area (TPSA) is 28.6 Å². The average molecular weight is 339 g/mol. The van der Waals surface area contributed by atoms with Crippen LogP contribution in [0.3, 0.4) is 0 Å². The Bertz CT molecular complexity index is 634. The van der Waals surface area contributed by atoms with Crippen molar-refractivity contribution in [2.75, 3.05) is 44.8 Å². The van der Waals surface area contributed by atoms with Gasteiger partial charge in [-0.05, 0) is 43.7 Å². The van der Waals surface area contributed by atoms with Crippen LogP contribution in [0.15, 0.2) is 54.9 Å². The lowest BCUT2D eigenvalue weighted by Crippen LogP contribution is -2.41. The van der Waals surface area contributed by atoms with E-state index in [1.54, 1.807) is 0 Å². The zero-order valence-electron chi connectivity index (χ0n) is 15.4. The zero-order valence-corrected chi connectivity index (χ0v) is 15.4. The van der Waals surface area contributed by atoms with Gasteiger partial charge in [0.05, 0.1) is 6.61 Å². The molecule has 3 rings (SSSR count). The van der Waals surface area contributed by atoms with Gasteiger partial charge in [0.1, 0.15) is 0 Å². The molecule has 0 N–H and O–H groups in total. The number of likely N-dealkylation sites (tertiary alicyclic amines) is 1. The van der Waals surface area contributed by atoms with Crippen molar-refractivity contribution in [3.05, 3.63) is 60.4 Å². The average Bonchev–Trinajstić information content (AvgIpc) is 3.04. The van der Waals surface area contributed by atoms with Crippen molar-refractivity contribution >= 4 is 5.69 Å². The van der Waals surface area contributed by atoms with Crippen molar-refractivity contribution < 1.29 is 4.74 Å². The Kier molecular flexibility index (Phi) is 6.05. The summed E-state index contributed by atoms with van der Waals surface area (Å²) in [5, 5.41) is 0. The molecule has 0 bridgehead atoms. The number of aromatic nitrogens is 1. The molecule has 2 aromatic rings. The van der Waals surface area contributed by atoms with Crippen molar-refractivity contribution in [1.82, 2.24) is 9.88 Å². The zero-order chi connectivity index (χ0) is 17.5. The summed E-state index contributed by atoms with van der Waals surface area (Å²) >= 11 is 0. The normalized spacial score (nSPS) is 20.7. The molecular weight excluding hydrogens is 310 g/mol. The first-order chi connectivity index (χ1) is 12.2. The van der Waals surface area contributed by atoms with E-state index in [9.17, 15) is 0 Å². The summed E-state index contributed by atoms with van der Waals surface area (Å²) in [5.41, 5.74) is 2.73. The predicted octanol–water partition coefficient (Wildman–Crippen LogP) is 3.45. The van der Waals surface area contributed by atoms with E-state index in [0.717, 1.165) is 39.4 Å². The molecule has 134 valence electrons. The molecule has 1 aromatic carbocycles. The summed E-state index contributed by atoms with van der Waals surface area (Å²) in [6, 6.07) is 14.8. The van der Waals surface area contributed by atoms with Crippen LogP contribution in [0.25, 0.3) is 0 Å². The molecule has 0 unspecified atom stereocenters. The van der Waals surface area contributed by atoms with Crippen LogP contribution in [0.5, 0.6) is 0 Å². The summed E-state index contributed by atoms with van der Waals surface area (Å²) < 4.78 is 5.89. The lowest BCUT2D eigenvalue weighted by molar-refractivity contribution is 0.0582. The van der Waals surface area contributed by atoms with E-state index in [-0.39, 0.29) is 5.41 Å². The number of nitrogens with zero attached hydrogens (tertiary/aromatic N) is 3. The maximum absolute atomic E-state index is 5.89. The van der Waals surface area contributed by atoms with Crippen molar-refractivity contribution in [2.24, 2.45) is 5.41 Å². The molecule has 2 heterocycles. The van der Waals surface area contributed by atoms with E-state index < -0.39 is 0 Å². The molecule has 1 aliphatic rings. The Morgan fingerprint density at radius 1 is 1.20 bits per heavy atom. The standard InChI is InChI=1S/C21H29N3O/c1-3-25-18-21(16-23(2)20-9-5-4-6-10-20)11-13-24(17-21)15-19-8-7-12-22-14-19/h4-10,12,14H,3,11,13,15-18H2,1-2H3/t21-/m1/s1. The molecular formula is C21H29N3O. The van der Waals surface area contributed by atoms with E-state index in [1.807, 2.05) is 18.5 Å². The molecule has 0 aliphatic carbocycles. The highest BCUT2D eigenvalue weighted by Crippen LogP contribution is 2.34. The van der Waals surface area contributed by atoms with Crippen LogP contribution in [-0.2, 0) is 11.3 Å². The van der Waals surface area contributed by atoms with Crippen LogP contribution >= 0.6 is 0 Å². The first kappa shape index (κ1) is 17.9. The van der Waals surface area contributed by atoms with Crippen molar-refractivity contribution in [2.45, 2.75) is 19.9 Å². The molecule has 4 nitrogen and oxygen atoms in total. The quantitative estimate of drug-likeness (QED) is 0.736. The highest BCUT2D eigenvalue weighted by Gasteiger charge is 2.39. The number of hydrogen-bond acceptors (Lipinski definition) is 4. The van der Waals surface area contributed by atoms with Gasteiger partial charge in [-0.2, -0.15) is 0 Å². The molecule has 0 spiro atoms. The van der Waals surface area contributed by atoms with Gasteiger partial charge in [0, 0.05) is 56.8 Å². The highest BCUT2D eigenvalue weighted by molar-refractivity contribution is 5.45. The minimum Gasteiger partial charge on any atom is -0.381 e. The fourth-order valence-corrected chi connectivity index (χ4v) is 3.80. The molecule has 1 fully saturated rings. The number of ether oxygens (including phenoxy) is 1. The number of hydrogen-bond donors (Lipinski definition) is 0. The second-order valence-corrected chi connectivity index (χ2v) is 7.15. The van der Waals surface area contributed by atoms with Crippen molar-refractivity contribution in [1.29, 1.82) is 0 Å². The Labute approximate surface area is 151 Å². The predicted molar refractivity (Wildman–Crippen MR) is 103 cm³/mol. The molecule has 25 heavy (non-hydrogen) atoms. The number of para-hydroxylation sites is 1.